The number of esters is 2. The molecule has 0 fully saturated rings. The highest BCUT2D eigenvalue weighted by Gasteiger charge is 2.15. The van der Waals surface area contributed by atoms with Gasteiger partial charge in [-0.2, -0.15) is 0 Å². The van der Waals surface area contributed by atoms with Gasteiger partial charge in [-0.15, -0.1) is 0 Å². The SMILES string of the molecule is COC(=O)C[C@H](O)c1ccc(C(=O)OC)cn1. The zero-order valence-corrected chi connectivity index (χ0v) is 9.54. The number of carbonyl (C=O) groups is 2. The minimum absolute atomic E-state index is 0.179. The highest BCUT2D eigenvalue weighted by Crippen LogP contribution is 2.15. The lowest BCUT2D eigenvalue weighted by Gasteiger charge is -2.08. The van der Waals surface area contributed by atoms with Crippen LogP contribution in [0.25, 0.3) is 0 Å². The third-order valence-corrected chi connectivity index (χ3v) is 2.14. The first-order chi connectivity index (χ1) is 8.08. The van der Waals surface area contributed by atoms with Crippen LogP contribution in [0.1, 0.15) is 28.6 Å². The molecule has 0 unspecified atom stereocenters. The monoisotopic (exact) mass is 239 g/mol. The topological polar surface area (TPSA) is 85.7 Å². The minimum Gasteiger partial charge on any atom is -0.469 e. The Hall–Kier alpha value is -1.95. The van der Waals surface area contributed by atoms with Crippen molar-refractivity contribution >= 4 is 11.9 Å². The van der Waals surface area contributed by atoms with Crippen LogP contribution in [0.2, 0.25) is 0 Å². The van der Waals surface area contributed by atoms with E-state index in [-0.39, 0.29) is 12.0 Å². The fourth-order valence-electron chi connectivity index (χ4n) is 1.19. The lowest BCUT2D eigenvalue weighted by atomic mass is 10.1. The van der Waals surface area contributed by atoms with Gasteiger partial charge in [-0.05, 0) is 12.1 Å². The van der Waals surface area contributed by atoms with E-state index in [9.17, 15) is 14.7 Å². The van der Waals surface area contributed by atoms with E-state index in [4.69, 9.17) is 0 Å². The van der Waals surface area contributed by atoms with E-state index in [1.165, 1.54) is 32.5 Å². The summed E-state index contributed by atoms with van der Waals surface area (Å²) >= 11 is 0. The van der Waals surface area contributed by atoms with E-state index in [2.05, 4.69) is 14.5 Å². The largest absolute Gasteiger partial charge is 0.469 e. The van der Waals surface area contributed by atoms with Crippen molar-refractivity contribution in [3.8, 4) is 0 Å². The fourth-order valence-corrected chi connectivity index (χ4v) is 1.19. The van der Waals surface area contributed by atoms with Gasteiger partial charge in [0.1, 0.15) is 6.10 Å². The first-order valence-electron chi connectivity index (χ1n) is 4.87. The van der Waals surface area contributed by atoms with Crippen molar-refractivity contribution in [2.75, 3.05) is 14.2 Å². The van der Waals surface area contributed by atoms with Crippen molar-refractivity contribution in [3.63, 3.8) is 0 Å². The summed E-state index contributed by atoms with van der Waals surface area (Å²) in [5.74, 6) is -1.04. The molecular formula is C11H13NO5. The van der Waals surface area contributed by atoms with E-state index in [1.807, 2.05) is 0 Å². The molecule has 0 saturated heterocycles. The van der Waals surface area contributed by atoms with Crippen molar-refractivity contribution < 1.29 is 24.2 Å². The average Bonchev–Trinajstić information content (AvgIpc) is 2.37. The number of ether oxygens (including phenoxy) is 2. The van der Waals surface area contributed by atoms with Gasteiger partial charge in [0, 0.05) is 6.20 Å². The average molecular weight is 239 g/mol. The Morgan fingerprint density at radius 2 is 2.06 bits per heavy atom. The molecule has 6 heteroatoms. The van der Waals surface area contributed by atoms with E-state index in [0.29, 0.717) is 5.69 Å². The number of aliphatic hydroxyl groups is 1. The Kier molecular flexibility index (Phi) is 4.59. The summed E-state index contributed by atoms with van der Waals surface area (Å²) in [4.78, 5) is 25.9. The van der Waals surface area contributed by atoms with Crippen LogP contribution < -0.4 is 0 Å². The highest BCUT2D eigenvalue weighted by molar-refractivity contribution is 5.88. The van der Waals surface area contributed by atoms with E-state index in [1.54, 1.807) is 0 Å². The van der Waals surface area contributed by atoms with Gasteiger partial charge in [0.25, 0.3) is 0 Å². The number of carbonyl (C=O) groups excluding carboxylic acids is 2. The van der Waals surface area contributed by atoms with Crippen LogP contribution >= 0.6 is 0 Å². The lowest BCUT2D eigenvalue weighted by molar-refractivity contribution is -0.142. The van der Waals surface area contributed by atoms with Crippen molar-refractivity contribution in [3.05, 3.63) is 29.6 Å². The molecule has 0 amide bonds. The number of hydrogen-bond acceptors (Lipinski definition) is 6. The normalized spacial score (nSPS) is 11.7. The summed E-state index contributed by atoms with van der Waals surface area (Å²) in [6.45, 7) is 0. The molecule has 1 aromatic heterocycles. The quantitative estimate of drug-likeness (QED) is 0.768. The molecule has 0 aromatic carbocycles. The molecule has 1 heterocycles. The van der Waals surface area contributed by atoms with Gasteiger partial charge in [-0.3, -0.25) is 9.78 Å². The summed E-state index contributed by atoms with van der Waals surface area (Å²) in [5, 5.41) is 9.63. The Morgan fingerprint density at radius 3 is 2.53 bits per heavy atom. The van der Waals surface area contributed by atoms with Crippen LogP contribution in [-0.2, 0) is 14.3 Å². The number of aliphatic hydroxyl groups excluding tert-OH is 1. The number of nitrogens with zero attached hydrogens (tertiary/aromatic N) is 1. The fraction of sp³-hybridized carbons (Fsp3) is 0.364. The standard InChI is InChI=1S/C11H13NO5/c1-16-10(14)5-9(13)8-4-3-7(6-12-8)11(15)17-2/h3-4,6,9,13H,5H2,1-2H3/t9-/m0/s1. The van der Waals surface area contributed by atoms with Crippen LogP contribution in [0.4, 0.5) is 0 Å². The molecule has 1 rings (SSSR count). The summed E-state index contributed by atoms with van der Waals surface area (Å²) in [5.41, 5.74) is 0.574. The predicted octanol–water partition coefficient (Wildman–Crippen LogP) is 0.465. The van der Waals surface area contributed by atoms with Crippen molar-refractivity contribution in [2.24, 2.45) is 0 Å². The molecule has 1 atom stereocenters. The number of methoxy groups -OCH3 is 2. The Labute approximate surface area is 98.2 Å². The van der Waals surface area contributed by atoms with Gasteiger partial charge in [0.15, 0.2) is 0 Å². The maximum absolute atomic E-state index is 11.1. The molecule has 0 spiro atoms. The van der Waals surface area contributed by atoms with Gasteiger partial charge >= 0.3 is 11.9 Å². The Morgan fingerprint density at radius 1 is 1.35 bits per heavy atom. The Bertz CT molecular complexity index is 401. The van der Waals surface area contributed by atoms with E-state index in [0.717, 1.165) is 0 Å². The Balaban J connectivity index is 2.73. The van der Waals surface area contributed by atoms with Gasteiger partial charge in [0.05, 0.1) is 31.9 Å². The number of hydrogen-bond donors (Lipinski definition) is 1. The van der Waals surface area contributed by atoms with Crippen molar-refractivity contribution in [1.29, 1.82) is 0 Å². The van der Waals surface area contributed by atoms with Gasteiger partial charge in [-0.1, -0.05) is 0 Å². The first kappa shape index (κ1) is 13.1. The number of pyridine rings is 1. The van der Waals surface area contributed by atoms with Gasteiger partial charge < -0.3 is 14.6 Å². The smallest absolute Gasteiger partial charge is 0.339 e. The highest BCUT2D eigenvalue weighted by atomic mass is 16.5. The zero-order chi connectivity index (χ0) is 12.8. The second-order valence-corrected chi connectivity index (χ2v) is 3.26. The number of aromatic nitrogens is 1. The summed E-state index contributed by atoms with van der Waals surface area (Å²) in [6, 6.07) is 2.93. The lowest BCUT2D eigenvalue weighted by Crippen LogP contribution is -2.10. The summed E-state index contributed by atoms with van der Waals surface area (Å²) < 4.78 is 8.92. The molecule has 0 radical (unpaired) electrons. The summed E-state index contributed by atoms with van der Waals surface area (Å²) in [6.07, 6.45) is 0.0529. The molecule has 1 N–H and O–H groups in total. The summed E-state index contributed by atoms with van der Waals surface area (Å²) in [7, 11) is 2.51. The molecule has 92 valence electrons. The van der Waals surface area contributed by atoms with Crippen LogP contribution in [0.5, 0.6) is 0 Å². The maximum atomic E-state index is 11.1. The predicted molar refractivity (Wildman–Crippen MR) is 57.2 cm³/mol. The first-order valence-corrected chi connectivity index (χ1v) is 4.87. The minimum atomic E-state index is -1.05. The molecule has 6 nitrogen and oxygen atoms in total. The molecule has 17 heavy (non-hydrogen) atoms. The number of rotatable bonds is 4. The molecule has 0 aliphatic rings. The molecular weight excluding hydrogens is 226 g/mol. The van der Waals surface area contributed by atoms with Gasteiger partial charge in [0.2, 0.25) is 0 Å². The van der Waals surface area contributed by atoms with Crippen LogP contribution in [0.15, 0.2) is 18.3 Å². The third kappa shape index (κ3) is 3.53. The van der Waals surface area contributed by atoms with Crippen LogP contribution in [0, 0.1) is 0 Å². The molecule has 0 aliphatic heterocycles. The van der Waals surface area contributed by atoms with E-state index < -0.39 is 18.0 Å². The van der Waals surface area contributed by atoms with E-state index >= 15 is 0 Å². The molecule has 0 bridgehead atoms. The molecule has 1 aromatic rings. The maximum Gasteiger partial charge on any atom is 0.339 e. The van der Waals surface area contributed by atoms with Gasteiger partial charge in [-0.25, -0.2) is 4.79 Å². The second-order valence-electron chi connectivity index (χ2n) is 3.26. The molecule has 0 aliphatic carbocycles. The zero-order valence-electron chi connectivity index (χ0n) is 9.54. The molecule has 0 saturated carbocycles. The second kappa shape index (κ2) is 5.95. The van der Waals surface area contributed by atoms with Crippen LogP contribution in [-0.4, -0.2) is 36.2 Å². The van der Waals surface area contributed by atoms with Crippen molar-refractivity contribution in [1.82, 2.24) is 4.98 Å². The van der Waals surface area contributed by atoms with Crippen molar-refractivity contribution in [2.45, 2.75) is 12.5 Å². The third-order valence-electron chi connectivity index (χ3n) is 2.14. The van der Waals surface area contributed by atoms with Crippen LogP contribution in [0.3, 0.4) is 0 Å².